The van der Waals surface area contributed by atoms with Gasteiger partial charge in [0.05, 0.1) is 10.5 Å². The van der Waals surface area contributed by atoms with E-state index in [0.29, 0.717) is 41.9 Å². The molecule has 1 aliphatic rings. The Labute approximate surface area is 207 Å². The molecule has 1 fully saturated rings. The van der Waals surface area contributed by atoms with E-state index in [1.54, 1.807) is 21.6 Å². The minimum Gasteiger partial charge on any atom is -0.506 e. The molecule has 2 N–H and O–H groups in total. The number of hydrogen-bond acceptors (Lipinski definition) is 4. The first-order chi connectivity index (χ1) is 16.8. The van der Waals surface area contributed by atoms with Crippen molar-refractivity contribution in [3.8, 4) is 23.1 Å². The van der Waals surface area contributed by atoms with E-state index in [-0.39, 0.29) is 34.2 Å². The van der Waals surface area contributed by atoms with Gasteiger partial charge in [-0.1, -0.05) is 35.9 Å². The van der Waals surface area contributed by atoms with E-state index in [0.717, 1.165) is 5.69 Å². The first kappa shape index (κ1) is 23.2. The van der Waals surface area contributed by atoms with Gasteiger partial charge in [0.2, 0.25) is 5.88 Å². The molecular formula is C27H25ClFN3O3. The monoisotopic (exact) mass is 493 g/mol. The molecular weight excluding hydrogens is 469 g/mol. The number of carbonyl (C=O) groups is 1. The molecule has 3 aromatic carbocycles. The Balaban J connectivity index is 1.80. The van der Waals surface area contributed by atoms with Gasteiger partial charge in [-0.25, -0.2) is 4.39 Å². The van der Waals surface area contributed by atoms with Crippen LogP contribution in [0.2, 0.25) is 5.02 Å². The number of phenolic OH excluding ortho intramolecular Hbond substituents is 1. The number of rotatable bonds is 4. The molecule has 1 amide bonds. The number of aromatic nitrogens is 1. The summed E-state index contributed by atoms with van der Waals surface area (Å²) in [6, 6.07) is 16.9. The highest BCUT2D eigenvalue weighted by molar-refractivity contribution is 6.33. The lowest BCUT2D eigenvalue weighted by molar-refractivity contribution is 0.0708. The van der Waals surface area contributed by atoms with Crippen LogP contribution in [0.25, 0.3) is 16.6 Å². The number of benzene rings is 3. The SMILES string of the molecule is Cc1ccc(F)cc1Oc1c(C(=O)N2CCNC(C)C2)c2cc(O)c(Cl)cc2n1-c1ccccc1. The Morgan fingerprint density at radius 3 is 2.69 bits per heavy atom. The average Bonchev–Trinajstić information content (AvgIpc) is 3.14. The standard InChI is InChI=1S/C27H25ClFN3O3/c1-16-8-9-18(29)12-24(16)35-27-25(26(34)31-11-10-30-17(2)15-31)20-13-23(33)21(28)14-22(20)32(27)19-6-4-3-5-7-19/h3-9,12-14,17,30,33H,10-11,15H2,1-2H3. The van der Waals surface area contributed by atoms with Gasteiger partial charge in [0, 0.05) is 42.8 Å². The highest BCUT2D eigenvalue weighted by Gasteiger charge is 2.31. The smallest absolute Gasteiger partial charge is 0.260 e. The highest BCUT2D eigenvalue weighted by Crippen LogP contribution is 2.42. The van der Waals surface area contributed by atoms with Crippen molar-refractivity contribution in [2.24, 2.45) is 0 Å². The molecule has 0 bridgehead atoms. The number of piperazine rings is 1. The summed E-state index contributed by atoms with van der Waals surface area (Å²) in [5.74, 6) is -0.289. The van der Waals surface area contributed by atoms with Crippen molar-refractivity contribution in [3.63, 3.8) is 0 Å². The maximum atomic E-state index is 14.2. The summed E-state index contributed by atoms with van der Waals surface area (Å²) in [6.07, 6.45) is 0. The maximum absolute atomic E-state index is 14.2. The minimum absolute atomic E-state index is 0.132. The van der Waals surface area contributed by atoms with Gasteiger partial charge in [0.15, 0.2) is 0 Å². The van der Waals surface area contributed by atoms with Gasteiger partial charge in [0.1, 0.15) is 22.9 Å². The van der Waals surface area contributed by atoms with Crippen LogP contribution < -0.4 is 10.1 Å². The predicted molar refractivity (Wildman–Crippen MR) is 135 cm³/mol. The van der Waals surface area contributed by atoms with E-state index < -0.39 is 5.82 Å². The first-order valence-electron chi connectivity index (χ1n) is 11.4. The Kier molecular flexibility index (Phi) is 6.13. The van der Waals surface area contributed by atoms with Crippen LogP contribution >= 0.6 is 11.6 Å². The maximum Gasteiger partial charge on any atom is 0.260 e. The van der Waals surface area contributed by atoms with Crippen LogP contribution in [-0.4, -0.2) is 46.2 Å². The summed E-state index contributed by atoms with van der Waals surface area (Å²) in [7, 11) is 0. The number of fused-ring (bicyclic) bond motifs is 1. The van der Waals surface area contributed by atoms with Crippen molar-refractivity contribution in [1.82, 2.24) is 14.8 Å². The Morgan fingerprint density at radius 2 is 1.94 bits per heavy atom. The molecule has 0 saturated carbocycles. The van der Waals surface area contributed by atoms with Crippen molar-refractivity contribution in [2.45, 2.75) is 19.9 Å². The number of halogens is 2. The van der Waals surface area contributed by atoms with Gasteiger partial charge < -0.3 is 20.1 Å². The summed E-state index contributed by atoms with van der Waals surface area (Å²) in [4.78, 5) is 15.7. The van der Waals surface area contributed by atoms with Crippen LogP contribution in [0.15, 0.2) is 60.7 Å². The fourth-order valence-electron chi connectivity index (χ4n) is 4.47. The quantitative estimate of drug-likeness (QED) is 0.385. The number of aromatic hydroxyl groups is 1. The van der Waals surface area contributed by atoms with Crippen molar-refractivity contribution in [1.29, 1.82) is 0 Å². The molecule has 180 valence electrons. The summed E-state index contributed by atoms with van der Waals surface area (Å²) >= 11 is 6.30. The van der Waals surface area contributed by atoms with E-state index in [4.69, 9.17) is 16.3 Å². The fourth-order valence-corrected chi connectivity index (χ4v) is 4.63. The first-order valence-corrected chi connectivity index (χ1v) is 11.8. The van der Waals surface area contributed by atoms with Crippen molar-refractivity contribution in [3.05, 3.63) is 82.6 Å². The molecule has 35 heavy (non-hydrogen) atoms. The van der Waals surface area contributed by atoms with Crippen molar-refractivity contribution in [2.75, 3.05) is 19.6 Å². The van der Waals surface area contributed by atoms with Gasteiger partial charge in [-0.2, -0.15) is 0 Å². The third-order valence-corrected chi connectivity index (χ3v) is 6.54. The third kappa shape index (κ3) is 4.33. The topological polar surface area (TPSA) is 66.7 Å². The Bertz CT molecular complexity index is 1420. The van der Waals surface area contributed by atoms with Crippen LogP contribution in [0, 0.1) is 12.7 Å². The van der Waals surface area contributed by atoms with E-state index in [2.05, 4.69) is 5.32 Å². The zero-order valence-electron chi connectivity index (χ0n) is 19.4. The minimum atomic E-state index is -0.447. The van der Waals surface area contributed by atoms with E-state index in [1.807, 2.05) is 44.2 Å². The summed E-state index contributed by atoms with van der Waals surface area (Å²) in [5, 5.41) is 14.4. The normalized spacial score (nSPS) is 16.0. The van der Waals surface area contributed by atoms with E-state index >= 15 is 0 Å². The number of para-hydroxylation sites is 1. The molecule has 6 nitrogen and oxygen atoms in total. The highest BCUT2D eigenvalue weighted by atomic mass is 35.5. The van der Waals surface area contributed by atoms with Crippen LogP contribution in [0.1, 0.15) is 22.8 Å². The van der Waals surface area contributed by atoms with Gasteiger partial charge >= 0.3 is 0 Å². The molecule has 5 rings (SSSR count). The molecule has 0 aliphatic carbocycles. The number of carbonyl (C=O) groups excluding carboxylic acids is 1. The molecule has 1 aliphatic heterocycles. The second-order valence-corrected chi connectivity index (χ2v) is 9.20. The fraction of sp³-hybridized carbons (Fsp3) is 0.222. The average molecular weight is 494 g/mol. The van der Waals surface area contributed by atoms with Crippen LogP contribution in [-0.2, 0) is 0 Å². The largest absolute Gasteiger partial charge is 0.506 e. The second kappa shape index (κ2) is 9.24. The Morgan fingerprint density at radius 1 is 1.17 bits per heavy atom. The number of amides is 1. The van der Waals surface area contributed by atoms with Gasteiger partial charge in [-0.05, 0) is 49.7 Å². The summed E-state index contributed by atoms with van der Waals surface area (Å²) in [5.41, 5.74) is 2.32. The summed E-state index contributed by atoms with van der Waals surface area (Å²) in [6.45, 7) is 5.55. The van der Waals surface area contributed by atoms with Crippen LogP contribution in [0.3, 0.4) is 0 Å². The van der Waals surface area contributed by atoms with Crippen LogP contribution in [0.4, 0.5) is 4.39 Å². The lowest BCUT2D eigenvalue weighted by atomic mass is 10.1. The number of phenols is 1. The molecule has 8 heteroatoms. The predicted octanol–water partition coefficient (Wildman–Crippen LogP) is 5.66. The molecule has 1 atom stereocenters. The van der Waals surface area contributed by atoms with Crippen molar-refractivity contribution < 1.29 is 19.0 Å². The van der Waals surface area contributed by atoms with Crippen LogP contribution in [0.5, 0.6) is 17.4 Å². The lowest BCUT2D eigenvalue weighted by Crippen LogP contribution is -2.51. The second-order valence-electron chi connectivity index (χ2n) is 8.79. The molecule has 2 heterocycles. The number of ether oxygens (including phenoxy) is 1. The molecule has 1 unspecified atom stereocenters. The number of aryl methyl sites for hydroxylation is 1. The zero-order valence-corrected chi connectivity index (χ0v) is 20.1. The van der Waals surface area contributed by atoms with E-state index in [9.17, 15) is 14.3 Å². The molecule has 0 radical (unpaired) electrons. The molecule has 1 aromatic heterocycles. The van der Waals surface area contributed by atoms with Crippen molar-refractivity contribution >= 4 is 28.4 Å². The van der Waals surface area contributed by atoms with E-state index in [1.165, 1.54) is 18.2 Å². The van der Waals surface area contributed by atoms with Gasteiger partial charge in [0.25, 0.3) is 5.91 Å². The molecule has 0 spiro atoms. The van der Waals surface area contributed by atoms with Gasteiger partial charge in [-0.15, -0.1) is 0 Å². The Hall–Kier alpha value is -3.55. The third-order valence-electron chi connectivity index (χ3n) is 6.23. The number of nitrogens with zero attached hydrogens (tertiary/aromatic N) is 2. The molecule has 4 aromatic rings. The summed E-state index contributed by atoms with van der Waals surface area (Å²) < 4.78 is 22.3. The zero-order chi connectivity index (χ0) is 24.7. The van der Waals surface area contributed by atoms with Gasteiger partial charge in [-0.3, -0.25) is 9.36 Å². The number of nitrogens with one attached hydrogen (secondary N) is 1. The molecule has 1 saturated heterocycles. The number of hydrogen-bond donors (Lipinski definition) is 2. The lowest BCUT2D eigenvalue weighted by Gasteiger charge is -2.32.